The van der Waals surface area contributed by atoms with Gasteiger partial charge in [0, 0.05) is 18.5 Å². The zero-order chi connectivity index (χ0) is 12.3. The summed E-state index contributed by atoms with van der Waals surface area (Å²) in [5.41, 5.74) is 0.371. The van der Waals surface area contributed by atoms with E-state index < -0.39 is 5.63 Å². The number of amides is 1. The molecule has 6 heteroatoms. The highest BCUT2D eigenvalue weighted by atomic mass is 79.9. The van der Waals surface area contributed by atoms with Crippen LogP contribution in [0.3, 0.4) is 0 Å². The van der Waals surface area contributed by atoms with Gasteiger partial charge in [0.1, 0.15) is 6.26 Å². The van der Waals surface area contributed by atoms with Crippen molar-refractivity contribution in [2.45, 2.75) is 0 Å². The molecular formula is C11H7BrN2O3. The molecule has 2 heterocycles. The number of nitrogens with zero attached hydrogens (tertiary/aromatic N) is 1. The Kier molecular flexibility index (Phi) is 3.34. The minimum atomic E-state index is -0.494. The second-order valence-corrected chi connectivity index (χ2v) is 4.01. The van der Waals surface area contributed by atoms with Crippen molar-refractivity contribution in [3.63, 3.8) is 0 Å². The average Bonchev–Trinajstić information content (AvgIpc) is 2.33. The van der Waals surface area contributed by atoms with Crippen LogP contribution < -0.4 is 10.9 Å². The summed E-state index contributed by atoms with van der Waals surface area (Å²) in [6.07, 6.45) is 4.25. The highest BCUT2D eigenvalue weighted by molar-refractivity contribution is 9.10. The summed E-state index contributed by atoms with van der Waals surface area (Å²) < 4.78 is 5.28. The van der Waals surface area contributed by atoms with E-state index in [0.29, 0.717) is 10.2 Å². The van der Waals surface area contributed by atoms with Crippen LogP contribution in [0.5, 0.6) is 0 Å². The van der Waals surface area contributed by atoms with Crippen molar-refractivity contribution in [3.05, 3.63) is 57.3 Å². The first-order valence-corrected chi connectivity index (χ1v) is 5.46. The molecular weight excluding hydrogens is 288 g/mol. The van der Waals surface area contributed by atoms with Gasteiger partial charge in [-0.25, -0.2) is 4.79 Å². The van der Waals surface area contributed by atoms with Crippen molar-refractivity contribution in [1.82, 2.24) is 4.98 Å². The van der Waals surface area contributed by atoms with Gasteiger partial charge in [-0.05, 0) is 28.1 Å². The fourth-order valence-corrected chi connectivity index (χ4v) is 1.51. The molecule has 0 atom stereocenters. The van der Waals surface area contributed by atoms with Gasteiger partial charge in [-0.15, -0.1) is 0 Å². The van der Waals surface area contributed by atoms with Crippen molar-refractivity contribution in [3.8, 4) is 0 Å². The van der Waals surface area contributed by atoms with Crippen LogP contribution in [0.4, 0.5) is 5.69 Å². The average molecular weight is 295 g/mol. The Bertz CT molecular complexity index is 589. The molecule has 1 amide bonds. The number of rotatable bonds is 2. The van der Waals surface area contributed by atoms with E-state index in [9.17, 15) is 9.59 Å². The lowest BCUT2D eigenvalue weighted by Crippen LogP contribution is -2.13. The van der Waals surface area contributed by atoms with E-state index in [0.717, 1.165) is 6.26 Å². The van der Waals surface area contributed by atoms with Gasteiger partial charge in [0.15, 0.2) is 0 Å². The lowest BCUT2D eigenvalue weighted by Gasteiger charge is -2.05. The fraction of sp³-hybridized carbons (Fsp3) is 0. The summed E-state index contributed by atoms with van der Waals surface area (Å²) >= 11 is 3.26. The number of carbonyl (C=O) groups excluding carboxylic acids is 1. The quantitative estimate of drug-likeness (QED) is 0.920. The van der Waals surface area contributed by atoms with Crippen molar-refractivity contribution >= 4 is 27.5 Å². The molecule has 0 aromatic carbocycles. The predicted octanol–water partition coefficient (Wildman–Crippen LogP) is 2.05. The molecule has 0 radical (unpaired) electrons. The van der Waals surface area contributed by atoms with Crippen LogP contribution in [-0.2, 0) is 0 Å². The lowest BCUT2D eigenvalue weighted by molar-refractivity contribution is 0.102. The summed E-state index contributed by atoms with van der Waals surface area (Å²) in [5, 5.41) is 2.66. The molecule has 2 aromatic rings. The second kappa shape index (κ2) is 4.92. The third-order valence-corrected chi connectivity index (χ3v) is 2.62. The zero-order valence-electron chi connectivity index (χ0n) is 8.51. The summed E-state index contributed by atoms with van der Waals surface area (Å²) in [7, 11) is 0. The van der Waals surface area contributed by atoms with Crippen LogP contribution in [0.2, 0.25) is 0 Å². The van der Waals surface area contributed by atoms with E-state index in [1.165, 1.54) is 12.1 Å². The van der Waals surface area contributed by atoms with Gasteiger partial charge in [0.25, 0.3) is 5.91 Å². The van der Waals surface area contributed by atoms with E-state index in [-0.39, 0.29) is 11.5 Å². The van der Waals surface area contributed by atoms with Crippen molar-refractivity contribution in [1.29, 1.82) is 0 Å². The van der Waals surface area contributed by atoms with Crippen LogP contribution in [-0.4, -0.2) is 10.9 Å². The van der Waals surface area contributed by atoms with Gasteiger partial charge in [-0.2, -0.15) is 0 Å². The summed E-state index contributed by atoms with van der Waals surface area (Å²) in [6.45, 7) is 0. The Morgan fingerprint density at radius 1 is 1.35 bits per heavy atom. The highest BCUT2D eigenvalue weighted by Crippen LogP contribution is 2.20. The Hall–Kier alpha value is -1.95. The van der Waals surface area contributed by atoms with Crippen LogP contribution in [0.1, 0.15) is 10.4 Å². The van der Waals surface area contributed by atoms with E-state index >= 15 is 0 Å². The Balaban J connectivity index is 2.20. The van der Waals surface area contributed by atoms with Gasteiger partial charge in [-0.3, -0.25) is 9.78 Å². The van der Waals surface area contributed by atoms with Gasteiger partial charge in [0.05, 0.1) is 15.7 Å². The third kappa shape index (κ3) is 2.79. The topological polar surface area (TPSA) is 72.2 Å². The molecule has 0 bridgehead atoms. The van der Waals surface area contributed by atoms with E-state index in [4.69, 9.17) is 0 Å². The standard InChI is InChI=1S/C11H7BrN2O3/c12-8-5-13-4-3-9(8)14-11(16)7-1-2-10(15)17-6-7/h1-6H,(H,13,14,16). The first-order chi connectivity index (χ1) is 8.16. The largest absolute Gasteiger partial charge is 0.430 e. The first kappa shape index (κ1) is 11.5. The molecule has 17 heavy (non-hydrogen) atoms. The van der Waals surface area contributed by atoms with Crippen LogP contribution in [0.25, 0.3) is 0 Å². The van der Waals surface area contributed by atoms with Crippen LogP contribution in [0, 0.1) is 0 Å². The minimum Gasteiger partial charge on any atom is -0.430 e. The highest BCUT2D eigenvalue weighted by Gasteiger charge is 2.08. The molecule has 86 valence electrons. The van der Waals surface area contributed by atoms with Crippen LogP contribution >= 0.6 is 15.9 Å². The Labute approximate surface area is 105 Å². The zero-order valence-corrected chi connectivity index (χ0v) is 10.1. The maximum absolute atomic E-state index is 11.8. The summed E-state index contributed by atoms with van der Waals surface area (Å²) in [4.78, 5) is 26.4. The van der Waals surface area contributed by atoms with Gasteiger partial charge < -0.3 is 9.73 Å². The first-order valence-electron chi connectivity index (χ1n) is 4.66. The van der Waals surface area contributed by atoms with Gasteiger partial charge >= 0.3 is 5.63 Å². The molecule has 0 fully saturated rings. The van der Waals surface area contributed by atoms with Crippen molar-refractivity contribution < 1.29 is 9.21 Å². The second-order valence-electron chi connectivity index (χ2n) is 3.15. The maximum atomic E-state index is 11.8. The number of nitrogens with one attached hydrogen (secondary N) is 1. The van der Waals surface area contributed by atoms with Crippen molar-refractivity contribution in [2.24, 2.45) is 0 Å². The lowest BCUT2D eigenvalue weighted by atomic mass is 10.3. The molecule has 0 saturated carbocycles. The third-order valence-electron chi connectivity index (χ3n) is 1.98. The van der Waals surface area contributed by atoms with Gasteiger partial charge in [-0.1, -0.05) is 0 Å². The Morgan fingerprint density at radius 3 is 2.82 bits per heavy atom. The number of halogens is 1. The van der Waals surface area contributed by atoms with E-state index in [2.05, 4.69) is 30.6 Å². The minimum absolute atomic E-state index is 0.272. The van der Waals surface area contributed by atoms with Crippen molar-refractivity contribution in [2.75, 3.05) is 5.32 Å². The van der Waals surface area contributed by atoms with Gasteiger partial charge in [0.2, 0.25) is 0 Å². The number of anilines is 1. The molecule has 1 N–H and O–H groups in total. The molecule has 2 aromatic heterocycles. The molecule has 5 nitrogen and oxygen atoms in total. The van der Waals surface area contributed by atoms with E-state index in [1.807, 2.05) is 0 Å². The molecule has 0 spiro atoms. The summed E-state index contributed by atoms with van der Waals surface area (Å²) in [6, 6.07) is 4.24. The van der Waals surface area contributed by atoms with Crippen LogP contribution in [0.15, 0.2) is 50.5 Å². The number of hydrogen-bond acceptors (Lipinski definition) is 4. The number of hydrogen-bond donors (Lipinski definition) is 1. The smallest absolute Gasteiger partial charge is 0.335 e. The molecule has 0 aliphatic rings. The predicted molar refractivity (Wildman–Crippen MR) is 64.9 cm³/mol. The molecule has 0 unspecified atom stereocenters. The summed E-state index contributed by atoms with van der Waals surface area (Å²) in [5.74, 6) is -0.361. The fourth-order valence-electron chi connectivity index (χ4n) is 1.16. The molecule has 0 aliphatic carbocycles. The molecule has 0 aliphatic heterocycles. The Morgan fingerprint density at radius 2 is 2.18 bits per heavy atom. The number of carbonyl (C=O) groups is 1. The maximum Gasteiger partial charge on any atom is 0.335 e. The normalized spacial score (nSPS) is 9.94. The molecule has 0 saturated heterocycles. The number of aromatic nitrogens is 1. The molecule has 2 rings (SSSR count). The SMILES string of the molecule is O=C(Nc1ccncc1Br)c1ccc(=O)oc1. The van der Waals surface area contributed by atoms with E-state index in [1.54, 1.807) is 18.5 Å². The number of pyridine rings is 1. The monoisotopic (exact) mass is 294 g/mol.